The van der Waals surface area contributed by atoms with E-state index in [2.05, 4.69) is 0 Å². The molecule has 132 valence electrons. The topological polar surface area (TPSA) is 110 Å². The highest BCUT2D eigenvalue weighted by Gasteiger charge is 2.88. The third kappa shape index (κ3) is 1.15. The fraction of sp³-hybridized carbons (Fsp3) is 0.824. The van der Waals surface area contributed by atoms with Crippen LogP contribution in [-0.4, -0.2) is 52.4 Å². The van der Waals surface area contributed by atoms with Crippen LogP contribution in [0.2, 0.25) is 0 Å². The summed E-state index contributed by atoms with van der Waals surface area (Å²) in [6.07, 6.45) is -2.32. The van der Waals surface area contributed by atoms with Gasteiger partial charge in [-0.3, -0.25) is 9.59 Å². The Morgan fingerprint density at radius 1 is 1.12 bits per heavy atom. The van der Waals surface area contributed by atoms with Gasteiger partial charge in [-0.05, 0) is 13.3 Å². The molecule has 24 heavy (non-hydrogen) atoms. The van der Waals surface area contributed by atoms with E-state index in [4.69, 9.17) is 9.47 Å². The van der Waals surface area contributed by atoms with Gasteiger partial charge >= 0.3 is 11.9 Å². The summed E-state index contributed by atoms with van der Waals surface area (Å²) in [5.41, 5.74) is -5.31. The van der Waals surface area contributed by atoms with Crippen LogP contribution < -0.4 is 0 Å². The first-order chi connectivity index (χ1) is 11.0. The van der Waals surface area contributed by atoms with Crippen molar-refractivity contribution < 1.29 is 34.1 Å². The lowest BCUT2D eigenvalue weighted by Crippen LogP contribution is -2.83. The molecule has 0 aromatic carbocycles. The Morgan fingerprint density at radius 2 is 1.75 bits per heavy atom. The molecule has 7 heteroatoms. The summed E-state index contributed by atoms with van der Waals surface area (Å²) in [4.78, 5) is 37.8. The van der Waals surface area contributed by atoms with E-state index < -0.39 is 57.8 Å². The van der Waals surface area contributed by atoms with Crippen molar-refractivity contribution >= 4 is 17.7 Å². The number of carbonyl (C=O) groups is 3. The number of hydrogen-bond donors (Lipinski definition) is 2. The number of aliphatic hydroxyl groups is 2. The number of Topliss-reactive ketones (excluding diaryl/α,β-unsaturated/α-hetero) is 1. The van der Waals surface area contributed by atoms with Gasteiger partial charge in [-0.15, -0.1) is 0 Å². The van der Waals surface area contributed by atoms with Crippen molar-refractivity contribution in [2.45, 2.75) is 51.9 Å². The lowest BCUT2D eigenvalue weighted by Gasteiger charge is -2.70. The number of cyclic esters (lactones) is 1. The highest BCUT2D eigenvalue weighted by molar-refractivity contribution is 5.95. The van der Waals surface area contributed by atoms with Gasteiger partial charge in [0.2, 0.25) is 0 Å². The molecule has 4 aliphatic rings. The number of carbonyl (C=O) groups excluding carboxylic acids is 3. The largest absolute Gasteiger partial charge is 0.464 e. The Hall–Kier alpha value is -1.47. The fourth-order valence-corrected chi connectivity index (χ4v) is 6.42. The number of esters is 2. The molecule has 2 bridgehead atoms. The van der Waals surface area contributed by atoms with Gasteiger partial charge in [0.05, 0.1) is 0 Å². The summed E-state index contributed by atoms with van der Waals surface area (Å²) in [6, 6.07) is 0. The monoisotopic (exact) mass is 338 g/mol. The van der Waals surface area contributed by atoms with Gasteiger partial charge in [0.1, 0.15) is 29.5 Å². The third-order valence-corrected chi connectivity index (χ3v) is 8.10. The molecule has 0 aromatic heterocycles. The smallest absolute Gasteiger partial charge is 0.335 e. The summed E-state index contributed by atoms with van der Waals surface area (Å²) in [6.45, 7) is 6.57. The molecule has 7 nitrogen and oxygen atoms in total. The Morgan fingerprint density at radius 3 is 2.25 bits per heavy atom. The van der Waals surface area contributed by atoms with E-state index in [1.165, 1.54) is 6.92 Å². The molecular formula is C17H22O7. The summed E-state index contributed by atoms with van der Waals surface area (Å²) >= 11 is 0. The minimum atomic E-state index is -1.67. The van der Waals surface area contributed by atoms with Crippen molar-refractivity contribution in [1.29, 1.82) is 0 Å². The van der Waals surface area contributed by atoms with Crippen LogP contribution in [-0.2, 0) is 23.9 Å². The van der Waals surface area contributed by atoms with Gasteiger partial charge in [0.25, 0.3) is 0 Å². The minimum absolute atomic E-state index is 0.0534. The van der Waals surface area contributed by atoms with Crippen LogP contribution in [0.15, 0.2) is 0 Å². The second-order valence-corrected chi connectivity index (χ2v) is 8.25. The Bertz CT molecular complexity index is 678. The van der Waals surface area contributed by atoms with Gasteiger partial charge in [0.15, 0.2) is 6.10 Å². The highest BCUT2D eigenvalue weighted by atomic mass is 16.6. The second kappa shape index (κ2) is 4.02. The molecule has 2 heterocycles. The maximum Gasteiger partial charge on any atom is 0.335 e. The summed E-state index contributed by atoms with van der Waals surface area (Å²) < 4.78 is 10.3. The van der Waals surface area contributed by atoms with Crippen LogP contribution in [0.25, 0.3) is 0 Å². The van der Waals surface area contributed by atoms with E-state index in [1.807, 2.05) is 0 Å². The van der Waals surface area contributed by atoms with Crippen LogP contribution >= 0.6 is 0 Å². The molecule has 4 rings (SSSR count). The van der Waals surface area contributed by atoms with Crippen molar-refractivity contribution in [3.8, 4) is 0 Å². The number of ether oxygens (including phenoxy) is 2. The van der Waals surface area contributed by atoms with E-state index in [0.29, 0.717) is 0 Å². The van der Waals surface area contributed by atoms with Crippen molar-refractivity contribution in [2.75, 3.05) is 6.61 Å². The first kappa shape index (κ1) is 16.0. The number of ketones is 1. The highest BCUT2D eigenvalue weighted by Crippen LogP contribution is 2.77. The maximum absolute atomic E-state index is 12.9. The molecule has 0 unspecified atom stereocenters. The Labute approximate surface area is 139 Å². The Kier molecular flexibility index (Phi) is 2.68. The zero-order valence-corrected chi connectivity index (χ0v) is 14.2. The molecule has 2 saturated carbocycles. The van der Waals surface area contributed by atoms with Crippen molar-refractivity contribution in [1.82, 2.24) is 0 Å². The van der Waals surface area contributed by atoms with Gasteiger partial charge in [-0.25, -0.2) is 4.79 Å². The van der Waals surface area contributed by atoms with Crippen molar-refractivity contribution in [2.24, 2.45) is 28.1 Å². The molecule has 8 atom stereocenters. The lowest BCUT2D eigenvalue weighted by atomic mass is 9.36. The van der Waals surface area contributed by atoms with Crippen LogP contribution in [0.3, 0.4) is 0 Å². The molecule has 2 spiro atoms. The number of fused-ring (bicyclic) bond motifs is 2. The quantitative estimate of drug-likeness (QED) is 0.589. The van der Waals surface area contributed by atoms with Gasteiger partial charge < -0.3 is 19.7 Å². The molecule has 0 aromatic rings. The van der Waals surface area contributed by atoms with Crippen LogP contribution in [0.4, 0.5) is 0 Å². The predicted octanol–water partition coefficient (Wildman–Crippen LogP) is -0.182. The number of hydrogen-bond acceptors (Lipinski definition) is 7. The maximum atomic E-state index is 12.9. The molecule has 0 amide bonds. The third-order valence-electron chi connectivity index (χ3n) is 8.10. The minimum Gasteiger partial charge on any atom is -0.464 e. The van der Waals surface area contributed by atoms with Crippen molar-refractivity contribution in [3.63, 3.8) is 0 Å². The average molecular weight is 338 g/mol. The van der Waals surface area contributed by atoms with E-state index in [-0.39, 0.29) is 18.8 Å². The van der Waals surface area contributed by atoms with Crippen LogP contribution in [0.1, 0.15) is 34.1 Å². The summed E-state index contributed by atoms with van der Waals surface area (Å²) in [5.74, 6) is -2.77. The number of rotatable bonds is 0. The normalized spacial score (nSPS) is 58.8. The molecule has 4 fully saturated rings. The summed E-state index contributed by atoms with van der Waals surface area (Å²) in [7, 11) is 0. The molecule has 2 saturated heterocycles. The zero-order chi connectivity index (χ0) is 17.9. The zero-order valence-electron chi connectivity index (χ0n) is 14.2. The molecule has 2 N–H and O–H groups in total. The van der Waals surface area contributed by atoms with E-state index in [9.17, 15) is 24.6 Å². The van der Waals surface area contributed by atoms with Crippen molar-refractivity contribution in [3.05, 3.63) is 0 Å². The molecule has 0 radical (unpaired) electrons. The lowest BCUT2D eigenvalue weighted by molar-refractivity contribution is -0.345. The molecule has 2 aliphatic heterocycles. The average Bonchev–Trinajstić information content (AvgIpc) is 2.64. The summed E-state index contributed by atoms with van der Waals surface area (Å²) in [5, 5.41) is 22.0. The molecule has 2 aliphatic carbocycles. The van der Waals surface area contributed by atoms with Crippen LogP contribution in [0, 0.1) is 28.1 Å². The van der Waals surface area contributed by atoms with E-state index in [0.717, 1.165) is 0 Å². The fourth-order valence-electron chi connectivity index (χ4n) is 6.42. The SMILES string of the molecule is C[C@@H]1C(=O)[C@@H](C)[C@@]2(C)[C@@]13C[C@@H](OC(=O)[C@@H]3O)[C@](C)(O)[C@@]21COC1=O. The Balaban J connectivity index is 2.08. The number of aliphatic hydroxyl groups excluding tert-OH is 1. The second-order valence-electron chi connectivity index (χ2n) is 8.25. The first-order valence-corrected chi connectivity index (χ1v) is 8.32. The van der Waals surface area contributed by atoms with Gasteiger partial charge in [-0.1, -0.05) is 20.8 Å². The molecular weight excluding hydrogens is 316 g/mol. The van der Waals surface area contributed by atoms with Gasteiger partial charge in [0, 0.05) is 22.7 Å². The van der Waals surface area contributed by atoms with E-state index >= 15 is 0 Å². The standard InChI is InChI=1S/C17H22O7/c1-7-10(18)8(2)16-5-9(24-12(20)11(16)19)15(4,22)17(14(7,16)3)6-23-13(17)21/h7-9,11,19,22H,5-6H2,1-4H3/t7-,8-,9-,11+,14+,15+,16+,17-/m1/s1. The van der Waals surface area contributed by atoms with Gasteiger partial charge in [-0.2, -0.15) is 0 Å². The predicted molar refractivity (Wildman–Crippen MR) is 78.4 cm³/mol. The first-order valence-electron chi connectivity index (χ1n) is 8.32. The van der Waals surface area contributed by atoms with E-state index in [1.54, 1.807) is 20.8 Å². The van der Waals surface area contributed by atoms with Crippen LogP contribution in [0.5, 0.6) is 0 Å².